The molecule has 1 aliphatic carbocycles. The van der Waals surface area contributed by atoms with Crippen LogP contribution >= 0.6 is 0 Å². The third-order valence-electron chi connectivity index (χ3n) is 8.84. The number of aromatic nitrogens is 1. The van der Waals surface area contributed by atoms with E-state index in [9.17, 15) is 6.63 Å². The van der Waals surface area contributed by atoms with Gasteiger partial charge in [0.2, 0.25) is 5.69 Å². The summed E-state index contributed by atoms with van der Waals surface area (Å²) in [5.74, 6) is -2.32. The lowest BCUT2D eigenvalue weighted by atomic mass is 9.76. The molecule has 212 valence electrons. The molecule has 0 amide bonds. The number of rotatable bonds is 4. The molecule has 0 aliphatic heterocycles. The molecule has 0 spiro atoms. The number of nitrogens with zero attached hydrogens (tertiary/aromatic N) is 2. The molecule has 6 aromatic rings. The first kappa shape index (κ1) is 21.9. The molecule has 1 saturated carbocycles. The van der Waals surface area contributed by atoms with Crippen molar-refractivity contribution < 1.29 is 20.2 Å². The van der Waals surface area contributed by atoms with Crippen molar-refractivity contribution in [1.82, 2.24) is 0 Å². The third kappa shape index (κ3) is 4.70. The minimum absolute atomic E-state index is 0.356. The van der Waals surface area contributed by atoms with E-state index in [4.69, 9.17) is 9.90 Å². The highest BCUT2D eigenvalue weighted by atomic mass is 19.1. The fourth-order valence-electron chi connectivity index (χ4n) is 6.55. The maximum absolute atomic E-state index is 15.2. The molecule has 0 radical (unpaired) electrons. The Balaban J connectivity index is 1.30. The van der Waals surface area contributed by atoms with Gasteiger partial charge in [0.05, 0.1) is 17.2 Å². The quantitative estimate of drug-likeness (QED) is 0.198. The number of fused-ring (bicyclic) bond motifs is 3. The lowest BCUT2D eigenvalue weighted by molar-refractivity contribution is -0.661. The second-order valence-corrected chi connectivity index (χ2v) is 11.4. The summed E-state index contributed by atoms with van der Waals surface area (Å²) >= 11 is 0. The minimum atomic E-state index is -2.59. The van der Waals surface area contributed by atoms with Crippen LogP contribution in [0, 0.1) is 30.9 Å². The highest BCUT2D eigenvalue weighted by Crippen LogP contribution is 2.44. The van der Waals surface area contributed by atoms with E-state index in [0.29, 0.717) is 59.2 Å². The van der Waals surface area contributed by atoms with Crippen molar-refractivity contribution in [1.29, 1.82) is 5.26 Å². The van der Waals surface area contributed by atoms with E-state index >= 15 is 4.39 Å². The molecule has 1 fully saturated rings. The van der Waals surface area contributed by atoms with Gasteiger partial charge in [0.1, 0.15) is 24.0 Å². The van der Waals surface area contributed by atoms with E-state index in [1.807, 2.05) is 79.7 Å². The second-order valence-electron chi connectivity index (χ2n) is 11.4. The number of furan rings is 1. The standard InChI is InChI=1S/C39H34FN2O/c1-24-9-19-32-33-20-18-31(22-41)37(39(33)43-38(32)36(24)35-21-34(40)25(2)23-42(35)3)30-16-14-29(15-17-30)28-12-10-27(11-13-28)26-7-5-4-6-8-26/h4-9,14-21,23,27-28H,10-13H2,1-3H3/q+1/i2D3,27D,28D. The molecule has 3 nitrogen and oxygen atoms in total. The van der Waals surface area contributed by atoms with Crippen molar-refractivity contribution in [2.24, 2.45) is 7.05 Å². The van der Waals surface area contributed by atoms with E-state index in [0.717, 1.165) is 33.0 Å². The van der Waals surface area contributed by atoms with E-state index in [2.05, 4.69) is 6.07 Å². The molecule has 43 heavy (non-hydrogen) atoms. The Morgan fingerprint density at radius 2 is 1.47 bits per heavy atom. The largest absolute Gasteiger partial charge is 0.454 e. The number of halogens is 1. The Morgan fingerprint density at radius 3 is 2.12 bits per heavy atom. The zero-order valence-electron chi connectivity index (χ0n) is 29.2. The summed E-state index contributed by atoms with van der Waals surface area (Å²) in [6.45, 7) is -0.700. The Morgan fingerprint density at radius 1 is 0.837 bits per heavy atom. The summed E-state index contributed by atoms with van der Waals surface area (Å²) in [7, 11) is 1.68. The van der Waals surface area contributed by atoms with E-state index in [1.165, 1.54) is 12.3 Å². The number of nitriles is 1. The molecule has 0 atom stereocenters. The van der Waals surface area contributed by atoms with Crippen molar-refractivity contribution >= 4 is 21.9 Å². The van der Waals surface area contributed by atoms with E-state index < -0.39 is 24.5 Å². The zero-order chi connectivity index (χ0) is 34.0. The van der Waals surface area contributed by atoms with Crippen LogP contribution in [0.15, 0.2) is 95.5 Å². The van der Waals surface area contributed by atoms with Crippen LogP contribution in [0.4, 0.5) is 4.39 Å². The molecule has 0 N–H and O–H groups in total. The number of aryl methyl sites for hydroxylation is 3. The molecular weight excluding hydrogens is 531 g/mol. The van der Waals surface area contributed by atoms with Crippen LogP contribution in [0.1, 0.15) is 72.1 Å². The third-order valence-corrected chi connectivity index (χ3v) is 8.84. The Labute approximate surface area is 258 Å². The summed E-state index contributed by atoms with van der Waals surface area (Å²) in [4.78, 5) is 0. The lowest BCUT2D eigenvalue weighted by Crippen LogP contribution is -2.31. The van der Waals surface area contributed by atoms with Gasteiger partial charge in [-0.05, 0) is 85.6 Å². The molecule has 2 heterocycles. The summed E-state index contributed by atoms with van der Waals surface area (Å²) in [5, 5.41) is 11.7. The normalized spacial score (nSPS) is 22.3. The fraction of sp³-hybridized carbons (Fsp3) is 0.231. The molecular formula is C39H34FN2O+. The van der Waals surface area contributed by atoms with Crippen molar-refractivity contribution in [3.8, 4) is 28.5 Å². The minimum Gasteiger partial charge on any atom is -0.454 e. The Hall–Kier alpha value is -4.75. The van der Waals surface area contributed by atoms with Gasteiger partial charge < -0.3 is 4.42 Å². The second kappa shape index (κ2) is 10.8. The van der Waals surface area contributed by atoms with Crippen LogP contribution in [0.5, 0.6) is 0 Å². The number of benzene rings is 4. The predicted octanol–water partition coefficient (Wildman–Crippen LogP) is 9.81. The van der Waals surface area contributed by atoms with Crippen molar-refractivity contribution in [3.05, 3.63) is 125 Å². The number of hydrogen-bond acceptors (Lipinski definition) is 2. The molecule has 0 bridgehead atoms. The fourth-order valence-corrected chi connectivity index (χ4v) is 6.55. The molecule has 7 rings (SSSR count). The number of pyridine rings is 1. The summed E-state index contributed by atoms with van der Waals surface area (Å²) < 4.78 is 65.0. The summed E-state index contributed by atoms with van der Waals surface area (Å²) in [6, 6.07) is 28.7. The SMILES string of the molecule is [2H]C([2H])([2H])c1c[n+](C)c(-c2c(C)ccc3c2oc2c(-c4ccc(C5([2H])CCC([2H])(c6ccccc6)CC5)cc4)c(C#N)ccc23)cc1F. The van der Waals surface area contributed by atoms with Crippen LogP contribution in [0.3, 0.4) is 0 Å². The van der Waals surface area contributed by atoms with Gasteiger partial charge in [0.25, 0.3) is 0 Å². The highest BCUT2D eigenvalue weighted by Gasteiger charge is 2.26. The smallest absolute Gasteiger partial charge is 0.219 e. The van der Waals surface area contributed by atoms with Gasteiger partial charge in [0.15, 0.2) is 6.20 Å². The van der Waals surface area contributed by atoms with Crippen LogP contribution in [-0.2, 0) is 7.05 Å². The average Bonchev–Trinajstić information content (AvgIpc) is 3.45. The monoisotopic (exact) mass is 570 g/mol. The van der Waals surface area contributed by atoms with Crippen LogP contribution in [-0.4, -0.2) is 0 Å². The first-order valence-electron chi connectivity index (χ1n) is 17.1. The molecule has 1 aliphatic rings. The van der Waals surface area contributed by atoms with Crippen LogP contribution in [0.25, 0.3) is 44.3 Å². The van der Waals surface area contributed by atoms with Crippen molar-refractivity contribution in [2.45, 2.75) is 51.2 Å². The molecule has 4 aromatic carbocycles. The zero-order valence-corrected chi connectivity index (χ0v) is 24.2. The molecule has 4 heteroatoms. The van der Waals surface area contributed by atoms with E-state index in [-0.39, 0.29) is 5.56 Å². The van der Waals surface area contributed by atoms with Crippen molar-refractivity contribution in [3.63, 3.8) is 0 Å². The van der Waals surface area contributed by atoms with Gasteiger partial charge in [-0.1, -0.05) is 66.7 Å². The number of hydrogen-bond donors (Lipinski definition) is 0. The van der Waals surface area contributed by atoms with Gasteiger partial charge in [-0.25, -0.2) is 8.96 Å². The van der Waals surface area contributed by atoms with Crippen molar-refractivity contribution in [2.75, 3.05) is 0 Å². The lowest BCUT2D eigenvalue weighted by Gasteiger charge is -2.29. The topological polar surface area (TPSA) is 40.8 Å². The summed E-state index contributed by atoms with van der Waals surface area (Å²) in [5.41, 5.74) is 6.31. The van der Waals surface area contributed by atoms with Crippen LogP contribution < -0.4 is 4.57 Å². The van der Waals surface area contributed by atoms with Crippen LogP contribution in [0.2, 0.25) is 0 Å². The average molecular weight is 571 g/mol. The molecule has 0 unspecified atom stereocenters. The van der Waals surface area contributed by atoms with E-state index in [1.54, 1.807) is 17.7 Å². The van der Waals surface area contributed by atoms with Gasteiger partial charge in [-0.2, -0.15) is 5.26 Å². The predicted molar refractivity (Wildman–Crippen MR) is 170 cm³/mol. The van der Waals surface area contributed by atoms with Gasteiger partial charge >= 0.3 is 0 Å². The summed E-state index contributed by atoms with van der Waals surface area (Å²) in [6.07, 6.45) is 3.64. The Bertz CT molecular complexity index is 2240. The molecule has 2 aromatic heterocycles. The molecule has 0 saturated heterocycles. The van der Waals surface area contributed by atoms with Gasteiger partial charge in [0, 0.05) is 34.8 Å². The first-order chi connectivity index (χ1) is 22.8. The Kier molecular flexibility index (Phi) is 5.51. The maximum atomic E-state index is 15.2. The first-order valence-corrected chi connectivity index (χ1v) is 14.6. The van der Waals surface area contributed by atoms with Gasteiger partial charge in [-0.15, -0.1) is 0 Å². The maximum Gasteiger partial charge on any atom is 0.219 e. The highest BCUT2D eigenvalue weighted by molar-refractivity contribution is 6.14. The van der Waals surface area contributed by atoms with Gasteiger partial charge in [-0.3, -0.25) is 0 Å².